The van der Waals surface area contributed by atoms with Crippen molar-refractivity contribution in [1.29, 1.82) is 0 Å². The molecule has 1 N–H and O–H groups in total. The average molecular weight is 395 g/mol. The van der Waals surface area contributed by atoms with Crippen molar-refractivity contribution in [2.75, 3.05) is 5.32 Å². The molecule has 146 valence electrons. The van der Waals surface area contributed by atoms with Crippen molar-refractivity contribution < 1.29 is 17.9 Å². The van der Waals surface area contributed by atoms with E-state index in [1.807, 2.05) is 37.3 Å². The molecule has 4 rings (SSSR count). The van der Waals surface area contributed by atoms with Gasteiger partial charge in [0, 0.05) is 11.1 Å². The first kappa shape index (κ1) is 18.7. The molecule has 0 fully saturated rings. The summed E-state index contributed by atoms with van der Waals surface area (Å²) in [6, 6.07) is 17.6. The van der Waals surface area contributed by atoms with E-state index in [1.165, 1.54) is 18.5 Å². The first-order valence-electron chi connectivity index (χ1n) is 8.82. The van der Waals surface area contributed by atoms with Crippen molar-refractivity contribution in [3.05, 3.63) is 84.2 Å². The number of ether oxygens (including phenoxy) is 1. The molecule has 1 heterocycles. The predicted octanol–water partition coefficient (Wildman–Crippen LogP) is 6.49. The van der Waals surface area contributed by atoms with E-state index in [9.17, 15) is 13.2 Å². The van der Waals surface area contributed by atoms with E-state index < -0.39 is 11.7 Å². The van der Waals surface area contributed by atoms with E-state index in [4.69, 9.17) is 4.74 Å². The van der Waals surface area contributed by atoms with Gasteiger partial charge in [0.05, 0.1) is 11.1 Å². The van der Waals surface area contributed by atoms with Gasteiger partial charge in [0.15, 0.2) is 0 Å². The molecule has 0 unspecified atom stereocenters. The minimum atomic E-state index is -4.37. The van der Waals surface area contributed by atoms with Gasteiger partial charge in [0.1, 0.15) is 23.6 Å². The Labute approximate surface area is 165 Å². The van der Waals surface area contributed by atoms with E-state index in [-0.39, 0.29) is 0 Å². The molecular formula is C22H16F3N3O. The summed E-state index contributed by atoms with van der Waals surface area (Å²) in [4.78, 5) is 8.59. The van der Waals surface area contributed by atoms with Crippen molar-refractivity contribution >= 4 is 22.4 Å². The van der Waals surface area contributed by atoms with E-state index in [2.05, 4.69) is 15.3 Å². The number of nitrogens with zero attached hydrogens (tertiary/aromatic N) is 2. The molecule has 0 saturated heterocycles. The molecular weight excluding hydrogens is 379 g/mol. The van der Waals surface area contributed by atoms with Gasteiger partial charge in [-0.3, -0.25) is 0 Å². The Morgan fingerprint density at radius 1 is 0.828 bits per heavy atom. The topological polar surface area (TPSA) is 47.0 Å². The average Bonchev–Trinajstić information content (AvgIpc) is 2.69. The number of fused-ring (bicyclic) bond motifs is 1. The van der Waals surface area contributed by atoms with Gasteiger partial charge in [0.25, 0.3) is 0 Å². The fraction of sp³-hybridized carbons (Fsp3) is 0.0909. The molecule has 7 heteroatoms. The van der Waals surface area contributed by atoms with Crippen LogP contribution in [0, 0.1) is 6.92 Å². The van der Waals surface area contributed by atoms with Crippen LogP contribution in [-0.4, -0.2) is 9.97 Å². The Morgan fingerprint density at radius 2 is 1.48 bits per heavy atom. The van der Waals surface area contributed by atoms with Crippen LogP contribution in [0.15, 0.2) is 73.1 Å². The molecule has 4 nitrogen and oxygen atoms in total. The number of aromatic nitrogens is 2. The first-order valence-corrected chi connectivity index (χ1v) is 8.82. The van der Waals surface area contributed by atoms with Gasteiger partial charge in [-0.1, -0.05) is 6.07 Å². The molecule has 0 aliphatic rings. The van der Waals surface area contributed by atoms with Crippen LogP contribution in [-0.2, 0) is 6.18 Å². The summed E-state index contributed by atoms with van der Waals surface area (Å²) in [6.45, 7) is 2.00. The van der Waals surface area contributed by atoms with Crippen molar-refractivity contribution in [2.45, 2.75) is 13.1 Å². The minimum Gasteiger partial charge on any atom is -0.457 e. The smallest absolute Gasteiger partial charge is 0.416 e. The number of anilines is 2. The van der Waals surface area contributed by atoms with Crippen LogP contribution in [0.4, 0.5) is 24.7 Å². The molecule has 0 amide bonds. The summed E-state index contributed by atoms with van der Waals surface area (Å²) in [5, 5.41) is 4.16. The fourth-order valence-electron chi connectivity index (χ4n) is 2.86. The monoisotopic (exact) mass is 395 g/mol. The molecule has 0 bridgehead atoms. The summed E-state index contributed by atoms with van der Waals surface area (Å²) in [5.41, 5.74) is 2.05. The number of hydrogen-bond acceptors (Lipinski definition) is 4. The van der Waals surface area contributed by atoms with E-state index >= 15 is 0 Å². The van der Waals surface area contributed by atoms with E-state index in [0.717, 1.165) is 34.3 Å². The van der Waals surface area contributed by atoms with Crippen LogP contribution in [0.2, 0.25) is 0 Å². The summed E-state index contributed by atoms with van der Waals surface area (Å²) in [7, 11) is 0. The number of halogens is 3. The Balaban J connectivity index is 1.49. The minimum absolute atomic E-state index is 0.330. The lowest BCUT2D eigenvalue weighted by Gasteiger charge is -2.11. The highest BCUT2D eigenvalue weighted by Gasteiger charge is 2.30. The van der Waals surface area contributed by atoms with Crippen LogP contribution in [0.3, 0.4) is 0 Å². The van der Waals surface area contributed by atoms with E-state index in [1.54, 1.807) is 12.1 Å². The largest absolute Gasteiger partial charge is 0.457 e. The third-order valence-electron chi connectivity index (χ3n) is 4.33. The second-order valence-electron chi connectivity index (χ2n) is 6.52. The summed E-state index contributed by atoms with van der Waals surface area (Å²) in [6.07, 6.45) is -2.86. The zero-order valence-corrected chi connectivity index (χ0v) is 15.4. The number of aryl methyl sites for hydroxylation is 1. The zero-order valence-electron chi connectivity index (χ0n) is 15.4. The molecule has 29 heavy (non-hydrogen) atoms. The lowest BCUT2D eigenvalue weighted by molar-refractivity contribution is -0.137. The van der Waals surface area contributed by atoms with Crippen LogP contribution < -0.4 is 10.1 Å². The Kier molecular flexibility index (Phi) is 4.80. The molecule has 0 aliphatic heterocycles. The number of hydrogen-bond donors (Lipinski definition) is 1. The lowest BCUT2D eigenvalue weighted by Crippen LogP contribution is -2.03. The highest BCUT2D eigenvalue weighted by Crippen LogP contribution is 2.32. The summed E-state index contributed by atoms with van der Waals surface area (Å²) in [5.74, 6) is 1.53. The lowest BCUT2D eigenvalue weighted by atomic mass is 10.1. The molecule has 4 aromatic rings. The SMILES string of the molecule is Cc1ccc2c(Nc3ccc(Oc4ccc(C(F)(F)F)cc4)cc3)ncnc2c1. The predicted molar refractivity (Wildman–Crippen MR) is 106 cm³/mol. The zero-order chi connectivity index (χ0) is 20.4. The molecule has 0 aliphatic carbocycles. The standard InChI is InChI=1S/C22H16F3N3O/c1-14-2-11-19-20(12-14)26-13-27-21(19)28-16-5-9-18(10-6-16)29-17-7-3-15(4-8-17)22(23,24)25/h2-13H,1H3,(H,26,27,28). The van der Waals surface area contributed by atoms with Crippen molar-refractivity contribution in [2.24, 2.45) is 0 Å². The number of benzene rings is 3. The van der Waals surface area contributed by atoms with Crippen LogP contribution in [0.5, 0.6) is 11.5 Å². The second-order valence-corrected chi connectivity index (χ2v) is 6.52. The Morgan fingerprint density at radius 3 is 2.14 bits per heavy atom. The molecule has 3 aromatic carbocycles. The molecule has 0 radical (unpaired) electrons. The number of nitrogens with one attached hydrogen (secondary N) is 1. The van der Waals surface area contributed by atoms with Crippen LogP contribution in [0.1, 0.15) is 11.1 Å². The summed E-state index contributed by atoms with van der Waals surface area (Å²) < 4.78 is 43.5. The van der Waals surface area contributed by atoms with Gasteiger partial charge >= 0.3 is 6.18 Å². The third-order valence-corrected chi connectivity index (χ3v) is 4.33. The maximum atomic E-state index is 12.6. The maximum Gasteiger partial charge on any atom is 0.416 e. The normalized spacial score (nSPS) is 11.4. The molecule has 1 aromatic heterocycles. The molecule has 0 atom stereocenters. The molecule has 0 spiro atoms. The van der Waals surface area contributed by atoms with Gasteiger partial charge in [-0.25, -0.2) is 9.97 Å². The van der Waals surface area contributed by atoms with Crippen LogP contribution in [0.25, 0.3) is 10.9 Å². The highest BCUT2D eigenvalue weighted by atomic mass is 19.4. The van der Waals surface area contributed by atoms with Crippen molar-refractivity contribution in [3.8, 4) is 11.5 Å². The Hall–Kier alpha value is -3.61. The van der Waals surface area contributed by atoms with E-state index in [0.29, 0.717) is 17.3 Å². The van der Waals surface area contributed by atoms with Gasteiger partial charge in [0.2, 0.25) is 0 Å². The molecule has 0 saturated carbocycles. The van der Waals surface area contributed by atoms with Crippen LogP contribution >= 0.6 is 0 Å². The maximum absolute atomic E-state index is 12.6. The van der Waals surface area contributed by atoms with Gasteiger partial charge in [-0.15, -0.1) is 0 Å². The quantitative estimate of drug-likeness (QED) is 0.429. The number of rotatable bonds is 4. The number of alkyl halides is 3. The Bertz CT molecular complexity index is 1140. The van der Waals surface area contributed by atoms with Crippen molar-refractivity contribution in [1.82, 2.24) is 9.97 Å². The fourth-order valence-corrected chi connectivity index (χ4v) is 2.86. The summed E-state index contributed by atoms with van der Waals surface area (Å²) >= 11 is 0. The van der Waals surface area contributed by atoms with Gasteiger partial charge in [-0.05, 0) is 73.2 Å². The first-order chi connectivity index (χ1) is 13.9. The third kappa shape index (κ3) is 4.29. The van der Waals surface area contributed by atoms with Crippen molar-refractivity contribution in [3.63, 3.8) is 0 Å². The van der Waals surface area contributed by atoms with Gasteiger partial charge in [-0.2, -0.15) is 13.2 Å². The highest BCUT2D eigenvalue weighted by molar-refractivity contribution is 5.90. The van der Waals surface area contributed by atoms with Gasteiger partial charge < -0.3 is 10.1 Å². The second kappa shape index (κ2) is 7.43.